The fourth-order valence-corrected chi connectivity index (χ4v) is 4.88. The van der Waals surface area contributed by atoms with Crippen LogP contribution in [-0.2, 0) is 9.84 Å². The van der Waals surface area contributed by atoms with E-state index in [-0.39, 0.29) is 23.1 Å². The van der Waals surface area contributed by atoms with Crippen molar-refractivity contribution in [1.82, 2.24) is 4.90 Å². The van der Waals surface area contributed by atoms with E-state index in [1.54, 1.807) is 41.3 Å². The minimum Gasteiger partial charge on any atom is -0.338 e. The second kappa shape index (κ2) is 7.35. The maximum Gasteiger partial charge on any atom is 0.256 e. The lowest BCUT2D eigenvalue weighted by Gasteiger charge is -2.32. The summed E-state index contributed by atoms with van der Waals surface area (Å²) in [5.41, 5.74) is 0.0362. The van der Waals surface area contributed by atoms with Gasteiger partial charge in [0.1, 0.15) is 5.82 Å². The zero-order valence-corrected chi connectivity index (χ0v) is 14.6. The number of hydrogen-bond donors (Lipinski definition) is 0. The number of benzene rings is 2. The van der Waals surface area contributed by atoms with Crippen molar-refractivity contribution in [3.8, 4) is 0 Å². The highest BCUT2D eigenvalue weighted by Gasteiger charge is 2.29. The van der Waals surface area contributed by atoms with Gasteiger partial charge in [0.2, 0.25) is 0 Å². The maximum absolute atomic E-state index is 13.8. The molecule has 0 N–H and O–H groups in total. The van der Waals surface area contributed by atoms with Crippen molar-refractivity contribution in [2.45, 2.75) is 17.7 Å². The third-order valence-electron chi connectivity index (χ3n) is 4.47. The molecule has 6 heteroatoms. The summed E-state index contributed by atoms with van der Waals surface area (Å²) in [5, 5.41) is 0. The standard InChI is InChI=1S/C19H20FNO3S/c20-18-11-5-4-10-17(18)19(22)21-12-6-7-15(13-21)14-25(23,24)16-8-2-1-3-9-16/h1-5,8-11,15H,6-7,12-14H2. The quantitative estimate of drug-likeness (QED) is 0.841. The normalized spacial score (nSPS) is 18.1. The van der Waals surface area contributed by atoms with Crippen LogP contribution in [0.2, 0.25) is 0 Å². The average molecular weight is 361 g/mol. The zero-order valence-electron chi connectivity index (χ0n) is 13.8. The van der Waals surface area contributed by atoms with E-state index >= 15 is 0 Å². The Balaban J connectivity index is 1.71. The number of carbonyl (C=O) groups is 1. The van der Waals surface area contributed by atoms with Gasteiger partial charge in [0.15, 0.2) is 9.84 Å². The van der Waals surface area contributed by atoms with Gasteiger partial charge < -0.3 is 4.90 Å². The molecule has 1 fully saturated rings. The first-order valence-electron chi connectivity index (χ1n) is 8.29. The molecule has 1 unspecified atom stereocenters. The van der Waals surface area contributed by atoms with Gasteiger partial charge in [-0.1, -0.05) is 30.3 Å². The van der Waals surface area contributed by atoms with E-state index in [0.717, 1.165) is 12.8 Å². The Morgan fingerprint density at radius 3 is 2.48 bits per heavy atom. The summed E-state index contributed by atoms with van der Waals surface area (Å²) in [5.74, 6) is -1.07. The average Bonchev–Trinajstić information content (AvgIpc) is 2.62. The second-order valence-electron chi connectivity index (χ2n) is 6.33. The topological polar surface area (TPSA) is 54.5 Å². The molecule has 1 heterocycles. The molecule has 2 aromatic rings. The lowest BCUT2D eigenvalue weighted by Crippen LogP contribution is -2.42. The van der Waals surface area contributed by atoms with Crippen LogP contribution < -0.4 is 0 Å². The van der Waals surface area contributed by atoms with Gasteiger partial charge in [-0.15, -0.1) is 0 Å². The second-order valence-corrected chi connectivity index (χ2v) is 8.37. The van der Waals surface area contributed by atoms with E-state index in [2.05, 4.69) is 0 Å². The van der Waals surface area contributed by atoms with Crippen molar-refractivity contribution >= 4 is 15.7 Å². The van der Waals surface area contributed by atoms with Gasteiger partial charge >= 0.3 is 0 Å². The Bertz CT molecular complexity index is 852. The molecule has 4 nitrogen and oxygen atoms in total. The molecule has 0 aliphatic carbocycles. The molecule has 0 radical (unpaired) electrons. The Morgan fingerprint density at radius 1 is 1.08 bits per heavy atom. The van der Waals surface area contributed by atoms with E-state index in [1.807, 2.05) is 0 Å². The van der Waals surface area contributed by atoms with Crippen molar-refractivity contribution < 1.29 is 17.6 Å². The number of amides is 1. The van der Waals surface area contributed by atoms with Crippen LogP contribution in [0.1, 0.15) is 23.2 Å². The van der Waals surface area contributed by atoms with Crippen LogP contribution in [0.15, 0.2) is 59.5 Å². The maximum atomic E-state index is 13.8. The third kappa shape index (κ3) is 4.07. The summed E-state index contributed by atoms with van der Waals surface area (Å²) < 4.78 is 38.9. The third-order valence-corrected chi connectivity index (χ3v) is 6.37. The molecule has 0 saturated carbocycles. The fraction of sp³-hybridized carbons (Fsp3) is 0.316. The monoisotopic (exact) mass is 361 g/mol. The Labute approximate surface area is 147 Å². The van der Waals surface area contributed by atoms with Crippen LogP contribution in [0.5, 0.6) is 0 Å². The Morgan fingerprint density at radius 2 is 1.76 bits per heavy atom. The molecule has 1 atom stereocenters. The molecule has 0 aromatic heterocycles. The van der Waals surface area contributed by atoms with Gasteiger partial charge in [0.25, 0.3) is 5.91 Å². The van der Waals surface area contributed by atoms with E-state index in [4.69, 9.17) is 0 Å². The predicted molar refractivity (Wildman–Crippen MR) is 93.5 cm³/mol. The number of rotatable bonds is 4. The highest BCUT2D eigenvalue weighted by atomic mass is 32.2. The van der Waals surface area contributed by atoms with Gasteiger partial charge in [-0.05, 0) is 43.0 Å². The predicted octanol–water partition coefficient (Wildman–Crippen LogP) is 3.15. The summed E-state index contributed by atoms with van der Waals surface area (Å²) in [6, 6.07) is 14.2. The lowest BCUT2D eigenvalue weighted by molar-refractivity contribution is 0.0679. The Kier molecular flexibility index (Phi) is 5.18. The number of carbonyl (C=O) groups excluding carboxylic acids is 1. The summed E-state index contributed by atoms with van der Waals surface area (Å²) in [6.45, 7) is 0.855. The van der Waals surface area contributed by atoms with Crippen molar-refractivity contribution in [3.05, 3.63) is 66.0 Å². The molecule has 2 aromatic carbocycles. The number of piperidine rings is 1. The summed E-state index contributed by atoms with van der Waals surface area (Å²) in [6.07, 6.45) is 1.46. The molecule has 25 heavy (non-hydrogen) atoms. The molecule has 3 rings (SSSR count). The number of likely N-dealkylation sites (tertiary alicyclic amines) is 1. The summed E-state index contributed by atoms with van der Waals surface area (Å²) in [7, 11) is -3.39. The first kappa shape index (κ1) is 17.6. The van der Waals surface area contributed by atoms with Crippen molar-refractivity contribution in [2.24, 2.45) is 5.92 Å². The SMILES string of the molecule is O=C(c1ccccc1F)N1CCCC(CS(=O)(=O)c2ccccc2)C1. The highest BCUT2D eigenvalue weighted by Crippen LogP contribution is 2.23. The summed E-state index contributed by atoms with van der Waals surface area (Å²) >= 11 is 0. The van der Waals surface area contributed by atoms with Crippen LogP contribution in [0.25, 0.3) is 0 Å². The van der Waals surface area contributed by atoms with Gasteiger partial charge in [-0.3, -0.25) is 4.79 Å². The smallest absolute Gasteiger partial charge is 0.256 e. The minimum absolute atomic E-state index is 0.00192. The van der Waals surface area contributed by atoms with Crippen molar-refractivity contribution in [1.29, 1.82) is 0 Å². The van der Waals surface area contributed by atoms with Crippen LogP contribution in [-0.4, -0.2) is 38.1 Å². The van der Waals surface area contributed by atoms with E-state index in [9.17, 15) is 17.6 Å². The largest absolute Gasteiger partial charge is 0.338 e. The molecule has 1 saturated heterocycles. The molecule has 132 valence electrons. The van der Waals surface area contributed by atoms with E-state index < -0.39 is 15.7 Å². The molecular formula is C19H20FNO3S. The van der Waals surface area contributed by atoms with Crippen molar-refractivity contribution in [3.63, 3.8) is 0 Å². The molecule has 1 amide bonds. The van der Waals surface area contributed by atoms with Crippen LogP contribution >= 0.6 is 0 Å². The molecule has 1 aliphatic rings. The first-order chi connectivity index (χ1) is 12.0. The van der Waals surface area contributed by atoms with E-state index in [0.29, 0.717) is 18.0 Å². The number of hydrogen-bond acceptors (Lipinski definition) is 3. The van der Waals surface area contributed by atoms with E-state index in [1.165, 1.54) is 18.2 Å². The van der Waals surface area contributed by atoms with Gasteiger partial charge in [-0.2, -0.15) is 0 Å². The summed E-state index contributed by atoms with van der Waals surface area (Å²) in [4.78, 5) is 14.4. The Hall–Kier alpha value is -2.21. The fourth-order valence-electron chi connectivity index (χ4n) is 3.22. The molecular weight excluding hydrogens is 341 g/mol. The van der Waals surface area contributed by atoms with Gasteiger partial charge in [0, 0.05) is 13.1 Å². The highest BCUT2D eigenvalue weighted by molar-refractivity contribution is 7.91. The molecule has 1 aliphatic heterocycles. The molecule has 0 bridgehead atoms. The van der Waals surface area contributed by atoms with Crippen LogP contribution in [0.3, 0.4) is 0 Å². The van der Waals surface area contributed by atoms with Gasteiger partial charge in [-0.25, -0.2) is 12.8 Å². The zero-order chi connectivity index (χ0) is 17.9. The number of sulfone groups is 1. The number of halogens is 1. The minimum atomic E-state index is -3.39. The van der Waals surface area contributed by atoms with Gasteiger partial charge in [0.05, 0.1) is 16.2 Å². The van der Waals surface area contributed by atoms with Crippen molar-refractivity contribution in [2.75, 3.05) is 18.8 Å². The first-order valence-corrected chi connectivity index (χ1v) is 9.94. The van der Waals surface area contributed by atoms with Crippen LogP contribution in [0, 0.1) is 11.7 Å². The lowest BCUT2D eigenvalue weighted by atomic mass is 9.99. The number of nitrogens with zero attached hydrogens (tertiary/aromatic N) is 1. The molecule has 0 spiro atoms. The van der Waals surface area contributed by atoms with Crippen LogP contribution in [0.4, 0.5) is 4.39 Å².